The van der Waals surface area contributed by atoms with Crippen LogP contribution in [0.3, 0.4) is 0 Å². The molecule has 0 aliphatic rings. The van der Waals surface area contributed by atoms with Gasteiger partial charge in [0.25, 0.3) is 20.2 Å². The van der Waals surface area contributed by atoms with E-state index in [1.165, 1.54) is 36.4 Å². The van der Waals surface area contributed by atoms with Gasteiger partial charge in [-0.15, -0.1) is 15.3 Å². The Morgan fingerprint density at radius 2 is 1.38 bits per heavy atom. The summed E-state index contributed by atoms with van der Waals surface area (Å²) in [6.07, 6.45) is -0.511. The zero-order valence-electron chi connectivity index (χ0n) is 28.3. The van der Waals surface area contributed by atoms with Crippen molar-refractivity contribution >= 4 is 96.6 Å². The van der Waals surface area contributed by atoms with Crippen LogP contribution in [-0.4, -0.2) is 65.5 Å². The van der Waals surface area contributed by atoms with E-state index in [1.807, 2.05) is 0 Å². The smallest absolute Gasteiger partial charge is 0.296 e. The van der Waals surface area contributed by atoms with E-state index in [2.05, 4.69) is 44.2 Å². The van der Waals surface area contributed by atoms with Crippen molar-refractivity contribution in [3.05, 3.63) is 84.6 Å². The van der Waals surface area contributed by atoms with Crippen molar-refractivity contribution in [2.24, 2.45) is 20.5 Å². The minimum atomic E-state index is -5.18. The molecule has 0 atom stereocenters. The third-order valence-corrected chi connectivity index (χ3v) is 11.7. The normalized spacial score (nSPS) is 12.6. The van der Waals surface area contributed by atoms with Crippen LogP contribution >= 0.6 is 0 Å². The predicted octanol–water partition coefficient (Wildman–Crippen LogP) is 6.02. The molecule has 55 heavy (non-hydrogen) atoms. The fourth-order valence-corrected chi connectivity index (χ4v) is 7.29. The summed E-state index contributed by atoms with van der Waals surface area (Å²) in [4.78, 5) is 23.2. The lowest BCUT2D eigenvalue weighted by atomic mass is 10.1. The maximum atomic E-state index is 13.0. The van der Waals surface area contributed by atoms with Crippen LogP contribution in [0.15, 0.2) is 120 Å². The molecule has 0 fully saturated rings. The second kappa shape index (κ2) is 16.3. The van der Waals surface area contributed by atoms with E-state index in [4.69, 9.17) is 0 Å². The van der Waals surface area contributed by atoms with Crippen LogP contribution in [-0.2, 0) is 49.5 Å². The number of amides is 2. The summed E-state index contributed by atoms with van der Waals surface area (Å²) < 4.78 is 116. The molecule has 5 N–H and O–H groups in total. The number of sulfone groups is 2. The molecule has 0 aliphatic heterocycles. The number of nitrogens with zero attached hydrogens (tertiary/aromatic N) is 4. The Labute approximate surface area is 314 Å². The van der Waals surface area contributed by atoms with Crippen LogP contribution in [0.1, 0.15) is 19.8 Å². The van der Waals surface area contributed by atoms with Gasteiger partial charge in [0.05, 0.1) is 38.0 Å². The average molecular weight is 835 g/mol. The average Bonchev–Trinajstić information content (AvgIpc) is 3.09. The SMILES string of the molecule is C=CS(=O)(=O)CCCC(=O)Nc1cc(/N=N/c2c(NC(C)=O)ccc3cc(S(=O)(=O)O)cc(O)c23)c(S(=O)(=O)O)cc1/N=N/c1ccc(S(=O)(=O)C=C)cc1. The second-order valence-corrected chi connectivity index (χ2v) is 18.0. The van der Waals surface area contributed by atoms with Gasteiger partial charge in [0.2, 0.25) is 11.8 Å². The van der Waals surface area contributed by atoms with E-state index in [1.54, 1.807) is 0 Å². The summed E-state index contributed by atoms with van der Waals surface area (Å²) >= 11 is 0. The number of phenols is 1. The van der Waals surface area contributed by atoms with Crippen molar-refractivity contribution < 1.29 is 57.5 Å². The number of carbonyl (C=O) groups is 2. The number of benzene rings is 4. The van der Waals surface area contributed by atoms with Gasteiger partial charge in [-0.05, 0) is 60.3 Å². The zero-order chi connectivity index (χ0) is 40.9. The number of fused-ring (bicyclic) bond motifs is 1. The van der Waals surface area contributed by atoms with Crippen LogP contribution in [0.4, 0.5) is 34.1 Å². The predicted molar refractivity (Wildman–Crippen MR) is 200 cm³/mol. The number of rotatable bonds is 15. The molecule has 4 rings (SSSR count). The van der Waals surface area contributed by atoms with Crippen LogP contribution in [0.25, 0.3) is 10.8 Å². The summed E-state index contributed by atoms with van der Waals surface area (Å²) in [5, 5.41) is 32.8. The molecule has 4 aromatic rings. The van der Waals surface area contributed by atoms with Crippen LogP contribution < -0.4 is 10.6 Å². The van der Waals surface area contributed by atoms with Gasteiger partial charge in [0.1, 0.15) is 27.7 Å². The van der Waals surface area contributed by atoms with Crippen LogP contribution in [0.5, 0.6) is 5.75 Å². The highest BCUT2D eigenvalue weighted by molar-refractivity contribution is 7.94. The third-order valence-electron chi connectivity index (χ3n) is 7.28. The largest absolute Gasteiger partial charge is 0.507 e. The number of aromatic hydroxyl groups is 1. The number of anilines is 2. The van der Waals surface area contributed by atoms with Gasteiger partial charge < -0.3 is 15.7 Å². The van der Waals surface area contributed by atoms with Crippen LogP contribution in [0.2, 0.25) is 0 Å². The van der Waals surface area contributed by atoms with E-state index < -0.39 is 78.7 Å². The Kier molecular flexibility index (Phi) is 12.5. The Hall–Kier alpha value is -5.72. The minimum absolute atomic E-state index is 0.0250. The number of carbonyl (C=O) groups excluding carboxylic acids is 2. The lowest BCUT2D eigenvalue weighted by Crippen LogP contribution is -2.13. The highest BCUT2D eigenvalue weighted by atomic mass is 32.2. The molecule has 0 aromatic heterocycles. The Morgan fingerprint density at radius 1 is 0.727 bits per heavy atom. The third kappa shape index (κ3) is 10.7. The second-order valence-electron chi connectivity index (χ2n) is 11.3. The van der Waals surface area contributed by atoms with Gasteiger partial charge >= 0.3 is 0 Å². The van der Waals surface area contributed by atoms with Crippen molar-refractivity contribution in [2.45, 2.75) is 34.5 Å². The summed E-state index contributed by atoms with van der Waals surface area (Å²) in [6.45, 7) is 7.58. The van der Waals surface area contributed by atoms with Gasteiger partial charge in [-0.25, -0.2) is 16.8 Å². The molecule has 0 unspecified atom stereocenters. The molecule has 23 heteroatoms. The highest BCUT2D eigenvalue weighted by Gasteiger charge is 2.23. The Balaban J connectivity index is 1.91. The van der Waals surface area contributed by atoms with Crippen molar-refractivity contribution in [3.8, 4) is 5.75 Å². The molecule has 19 nitrogen and oxygen atoms in total. The van der Waals surface area contributed by atoms with Crippen molar-refractivity contribution in [3.63, 3.8) is 0 Å². The van der Waals surface area contributed by atoms with E-state index in [0.717, 1.165) is 35.9 Å². The molecular formula is C32H30N6O13S4. The van der Waals surface area contributed by atoms with E-state index in [9.17, 15) is 57.5 Å². The van der Waals surface area contributed by atoms with E-state index in [0.29, 0.717) is 6.07 Å². The topological polar surface area (TPSA) is 305 Å². The minimum Gasteiger partial charge on any atom is -0.507 e. The van der Waals surface area contributed by atoms with Gasteiger partial charge in [0, 0.05) is 30.2 Å². The van der Waals surface area contributed by atoms with Crippen molar-refractivity contribution in [2.75, 3.05) is 16.4 Å². The number of hydrogen-bond donors (Lipinski definition) is 5. The number of phenolic OH excluding ortho intramolecular Hbond substituents is 1. The number of hydrogen-bond acceptors (Lipinski definition) is 15. The van der Waals surface area contributed by atoms with Gasteiger partial charge in [-0.3, -0.25) is 18.7 Å². The van der Waals surface area contributed by atoms with E-state index >= 15 is 0 Å². The van der Waals surface area contributed by atoms with Gasteiger partial charge in [-0.1, -0.05) is 19.2 Å². The first-order valence-electron chi connectivity index (χ1n) is 15.2. The molecule has 4 aromatic carbocycles. The first-order valence-corrected chi connectivity index (χ1v) is 21.4. The van der Waals surface area contributed by atoms with E-state index in [-0.39, 0.29) is 56.9 Å². The molecule has 2 amide bonds. The fraction of sp³-hybridized carbons (Fsp3) is 0.125. The number of nitrogens with one attached hydrogen (secondary N) is 2. The molecule has 0 aliphatic carbocycles. The molecule has 0 radical (unpaired) electrons. The molecule has 0 saturated carbocycles. The summed E-state index contributed by atoms with van der Waals surface area (Å²) in [6, 6.07) is 10.8. The molecule has 0 heterocycles. The zero-order valence-corrected chi connectivity index (χ0v) is 31.6. The monoisotopic (exact) mass is 834 g/mol. The Morgan fingerprint density at radius 3 is 1.96 bits per heavy atom. The lowest BCUT2D eigenvalue weighted by Gasteiger charge is -2.13. The molecular weight excluding hydrogens is 805 g/mol. The summed E-state index contributed by atoms with van der Waals surface area (Å²) in [5.41, 5.74) is -1.70. The quantitative estimate of drug-likeness (QED) is 0.0676. The van der Waals surface area contributed by atoms with Crippen molar-refractivity contribution in [1.82, 2.24) is 0 Å². The molecule has 0 bridgehead atoms. The summed E-state index contributed by atoms with van der Waals surface area (Å²) in [5.74, 6) is -2.58. The maximum absolute atomic E-state index is 13.0. The Bertz CT molecular complexity index is 2750. The van der Waals surface area contributed by atoms with Crippen molar-refractivity contribution in [1.29, 1.82) is 0 Å². The molecule has 290 valence electrons. The lowest BCUT2D eigenvalue weighted by molar-refractivity contribution is -0.116. The van der Waals surface area contributed by atoms with Gasteiger partial charge in [0.15, 0.2) is 19.7 Å². The molecule has 0 saturated heterocycles. The van der Waals surface area contributed by atoms with Crippen LogP contribution in [0, 0.1) is 0 Å². The maximum Gasteiger partial charge on any atom is 0.296 e. The standard InChI is InChI=1S/C32H30N6O13S4/c1-4-52(42,43)14-6-7-30(41)34-25-17-27(29(55(49,50)51)18-26(25)36-35-21-9-11-22(12-10-21)53(44,45)5-2)37-38-32-24(33-19(3)39)13-8-20-15-23(54(46,47)48)16-28(40)31(20)32/h4-5,8-13,15-18,40H,1-2,6-7,14H2,3H3,(H,33,39)(H,34,41)(H,46,47,48)(H,49,50,51)/b36-35+,38-37+. The highest BCUT2D eigenvalue weighted by Crippen LogP contribution is 2.43. The van der Waals surface area contributed by atoms with Gasteiger partial charge in [-0.2, -0.15) is 21.9 Å². The fourth-order valence-electron chi connectivity index (χ4n) is 4.71. The summed E-state index contributed by atoms with van der Waals surface area (Å²) in [7, 11) is -17.4. The number of azo groups is 2. The first-order chi connectivity index (χ1) is 25.5. The first kappa shape index (κ1) is 42.0. The molecule has 0 spiro atoms.